The highest BCUT2D eigenvalue weighted by Gasteiger charge is 1.95. The Labute approximate surface area is 111 Å². The van der Waals surface area contributed by atoms with Gasteiger partial charge in [-0.2, -0.15) is 0 Å². The number of nitrogens with one attached hydrogen (secondary N) is 1. The summed E-state index contributed by atoms with van der Waals surface area (Å²) in [5.74, 6) is 0.441. The predicted octanol–water partition coefficient (Wildman–Crippen LogP) is 3.78. The number of carbonyl (C=O) groups excluding carboxylic acids is 1. The van der Waals surface area contributed by atoms with Crippen LogP contribution in [0.25, 0.3) is 0 Å². The Hall–Kier alpha value is -1.57. The van der Waals surface area contributed by atoms with Crippen molar-refractivity contribution in [1.82, 2.24) is 5.32 Å². The fourth-order valence-corrected chi connectivity index (χ4v) is 1.10. The Morgan fingerprint density at radius 3 is 2.28 bits per heavy atom. The minimum absolute atomic E-state index is 0.0415. The molecule has 18 heavy (non-hydrogen) atoms. The zero-order valence-electron chi connectivity index (χ0n) is 11.7. The molecular weight excluding hydrogens is 222 g/mol. The Morgan fingerprint density at radius 2 is 1.67 bits per heavy atom. The van der Waals surface area contributed by atoms with Gasteiger partial charge < -0.3 is 5.32 Å². The van der Waals surface area contributed by atoms with E-state index in [-0.39, 0.29) is 5.91 Å². The van der Waals surface area contributed by atoms with Gasteiger partial charge in [0.1, 0.15) is 0 Å². The molecule has 2 nitrogen and oxygen atoms in total. The molecule has 100 valence electrons. The van der Waals surface area contributed by atoms with Crippen molar-refractivity contribution in [3.05, 3.63) is 48.6 Å². The highest BCUT2D eigenvalue weighted by atomic mass is 16.1. The van der Waals surface area contributed by atoms with Gasteiger partial charge in [0, 0.05) is 12.6 Å². The van der Waals surface area contributed by atoms with Crippen LogP contribution < -0.4 is 5.32 Å². The molecule has 0 unspecified atom stereocenters. The minimum Gasteiger partial charge on any atom is -0.352 e. The Kier molecular flexibility index (Phi) is 10.9. The van der Waals surface area contributed by atoms with Gasteiger partial charge in [-0.1, -0.05) is 69.7 Å². The standard InChI is InChI=1S/C16H25NO/c1-4-5-6-7-8-9-10-11-12-13-16(18)17-14-15(2)3/h6-13,15H,4-5,14H2,1-3H3,(H,17,18)/b7-6+,9-8+,11-10+,13-12+. The molecule has 0 rings (SSSR count). The molecule has 0 spiro atoms. The number of hydrogen-bond donors (Lipinski definition) is 1. The number of hydrogen-bond acceptors (Lipinski definition) is 1. The quantitative estimate of drug-likeness (QED) is 0.513. The van der Waals surface area contributed by atoms with Crippen LogP contribution in [0.15, 0.2) is 48.6 Å². The molecule has 1 N–H and O–H groups in total. The van der Waals surface area contributed by atoms with Crippen LogP contribution in [-0.4, -0.2) is 12.5 Å². The summed E-state index contributed by atoms with van der Waals surface area (Å²) in [7, 11) is 0. The SMILES string of the molecule is CCC/C=C/C=C/C=C/C=C/C(=O)NCC(C)C. The molecule has 0 saturated carbocycles. The lowest BCUT2D eigenvalue weighted by Crippen LogP contribution is -2.25. The van der Waals surface area contributed by atoms with E-state index < -0.39 is 0 Å². The number of rotatable bonds is 8. The molecule has 0 fully saturated rings. The average Bonchev–Trinajstić information content (AvgIpc) is 2.34. The normalized spacial score (nSPS) is 12.7. The van der Waals surface area contributed by atoms with Crippen LogP contribution in [0.4, 0.5) is 0 Å². The molecule has 0 aromatic rings. The van der Waals surface area contributed by atoms with E-state index in [1.165, 1.54) is 6.42 Å². The van der Waals surface area contributed by atoms with Crippen molar-refractivity contribution in [2.45, 2.75) is 33.6 Å². The molecule has 0 aromatic carbocycles. The smallest absolute Gasteiger partial charge is 0.243 e. The van der Waals surface area contributed by atoms with E-state index in [4.69, 9.17) is 0 Å². The monoisotopic (exact) mass is 247 g/mol. The van der Waals surface area contributed by atoms with Gasteiger partial charge in [-0.15, -0.1) is 0 Å². The zero-order chi connectivity index (χ0) is 13.6. The van der Waals surface area contributed by atoms with Crippen molar-refractivity contribution >= 4 is 5.91 Å². The highest BCUT2D eigenvalue weighted by molar-refractivity contribution is 5.87. The second-order valence-corrected chi connectivity index (χ2v) is 4.48. The molecule has 2 heteroatoms. The fraction of sp³-hybridized carbons (Fsp3) is 0.438. The molecule has 0 aromatic heterocycles. The van der Waals surface area contributed by atoms with E-state index in [0.29, 0.717) is 5.92 Å². The first kappa shape index (κ1) is 16.4. The van der Waals surface area contributed by atoms with Crippen LogP contribution in [0.1, 0.15) is 33.6 Å². The summed E-state index contributed by atoms with van der Waals surface area (Å²) in [5, 5.41) is 2.82. The number of carbonyl (C=O) groups is 1. The van der Waals surface area contributed by atoms with E-state index in [1.807, 2.05) is 30.4 Å². The first-order valence-electron chi connectivity index (χ1n) is 6.61. The lowest BCUT2D eigenvalue weighted by molar-refractivity contribution is -0.116. The van der Waals surface area contributed by atoms with Gasteiger partial charge in [-0.05, 0) is 12.3 Å². The van der Waals surface area contributed by atoms with Gasteiger partial charge >= 0.3 is 0 Å². The molecule has 0 aliphatic carbocycles. The van der Waals surface area contributed by atoms with Crippen LogP contribution in [0.5, 0.6) is 0 Å². The van der Waals surface area contributed by atoms with Crippen molar-refractivity contribution in [3.8, 4) is 0 Å². The van der Waals surface area contributed by atoms with Crippen LogP contribution in [0, 0.1) is 5.92 Å². The summed E-state index contributed by atoms with van der Waals surface area (Å²) in [4.78, 5) is 11.3. The van der Waals surface area contributed by atoms with Gasteiger partial charge in [0.25, 0.3) is 0 Å². The maximum Gasteiger partial charge on any atom is 0.243 e. The third kappa shape index (κ3) is 12.5. The zero-order valence-corrected chi connectivity index (χ0v) is 11.7. The van der Waals surface area contributed by atoms with Gasteiger partial charge in [-0.3, -0.25) is 4.79 Å². The van der Waals surface area contributed by atoms with Gasteiger partial charge in [0.05, 0.1) is 0 Å². The lowest BCUT2D eigenvalue weighted by Gasteiger charge is -2.03. The third-order valence-corrected chi connectivity index (χ3v) is 2.08. The van der Waals surface area contributed by atoms with Gasteiger partial charge in [-0.25, -0.2) is 0 Å². The minimum atomic E-state index is -0.0415. The maximum absolute atomic E-state index is 11.3. The summed E-state index contributed by atoms with van der Waals surface area (Å²) in [6, 6.07) is 0. The second kappa shape index (κ2) is 11.9. The van der Waals surface area contributed by atoms with Crippen molar-refractivity contribution in [2.75, 3.05) is 6.54 Å². The maximum atomic E-state index is 11.3. The molecule has 0 aliphatic heterocycles. The van der Waals surface area contributed by atoms with Gasteiger partial charge in [0.2, 0.25) is 5.91 Å². The van der Waals surface area contributed by atoms with E-state index in [9.17, 15) is 4.79 Å². The highest BCUT2D eigenvalue weighted by Crippen LogP contribution is 1.90. The Balaban J connectivity index is 3.77. The summed E-state index contributed by atoms with van der Waals surface area (Å²) in [6.45, 7) is 7.01. The molecule has 0 bridgehead atoms. The Morgan fingerprint density at radius 1 is 1.06 bits per heavy atom. The lowest BCUT2D eigenvalue weighted by atomic mass is 10.2. The summed E-state index contributed by atoms with van der Waals surface area (Å²) in [5.41, 5.74) is 0. The number of allylic oxidation sites excluding steroid dienone is 7. The average molecular weight is 247 g/mol. The van der Waals surface area contributed by atoms with Crippen molar-refractivity contribution < 1.29 is 4.79 Å². The first-order chi connectivity index (χ1) is 8.66. The van der Waals surface area contributed by atoms with Crippen LogP contribution >= 0.6 is 0 Å². The molecule has 0 aliphatic rings. The van der Waals surface area contributed by atoms with Crippen LogP contribution in [-0.2, 0) is 4.79 Å². The van der Waals surface area contributed by atoms with Gasteiger partial charge in [0.15, 0.2) is 0 Å². The number of amides is 1. The molecule has 0 atom stereocenters. The van der Waals surface area contributed by atoms with E-state index >= 15 is 0 Å². The fourth-order valence-electron chi connectivity index (χ4n) is 1.10. The molecular formula is C16H25NO. The molecule has 1 amide bonds. The summed E-state index contributed by atoms with van der Waals surface area (Å²) < 4.78 is 0. The molecule has 0 saturated heterocycles. The number of unbranched alkanes of at least 4 members (excludes halogenated alkanes) is 1. The van der Waals surface area contributed by atoms with Crippen molar-refractivity contribution in [3.63, 3.8) is 0 Å². The van der Waals surface area contributed by atoms with E-state index in [1.54, 1.807) is 12.2 Å². The van der Waals surface area contributed by atoms with E-state index in [2.05, 4.69) is 32.2 Å². The topological polar surface area (TPSA) is 29.1 Å². The molecule has 0 heterocycles. The summed E-state index contributed by atoms with van der Waals surface area (Å²) >= 11 is 0. The van der Waals surface area contributed by atoms with Crippen molar-refractivity contribution in [1.29, 1.82) is 0 Å². The van der Waals surface area contributed by atoms with Crippen LogP contribution in [0.3, 0.4) is 0 Å². The third-order valence-electron chi connectivity index (χ3n) is 2.08. The second-order valence-electron chi connectivity index (χ2n) is 4.48. The largest absolute Gasteiger partial charge is 0.352 e. The summed E-state index contributed by atoms with van der Waals surface area (Å²) in [6.07, 6.45) is 17.4. The predicted molar refractivity (Wildman–Crippen MR) is 79.3 cm³/mol. The van der Waals surface area contributed by atoms with E-state index in [0.717, 1.165) is 13.0 Å². The van der Waals surface area contributed by atoms with Crippen molar-refractivity contribution in [2.24, 2.45) is 5.92 Å². The Bertz CT molecular complexity index is 322. The van der Waals surface area contributed by atoms with Crippen LogP contribution in [0.2, 0.25) is 0 Å². The molecule has 0 radical (unpaired) electrons. The first-order valence-corrected chi connectivity index (χ1v) is 6.61.